The van der Waals surface area contributed by atoms with Crippen LogP contribution >= 0.6 is 0 Å². The van der Waals surface area contributed by atoms with E-state index >= 15 is 0 Å². The number of nitrogens with one attached hydrogen (secondary N) is 1. The zero-order chi connectivity index (χ0) is 14.1. The number of piperidine rings is 1. The summed E-state index contributed by atoms with van der Waals surface area (Å²) in [5, 5.41) is 3.72. The third-order valence-corrected chi connectivity index (χ3v) is 5.19. The van der Waals surface area contributed by atoms with E-state index < -0.39 is 0 Å². The molecule has 2 aliphatic heterocycles. The first-order valence-corrected chi connectivity index (χ1v) is 8.62. The average Bonchev–Trinajstić information content (AvgIpc) is 3.38. The van der Waals surface area contributed by atoms with Crippen LogP contribution in [-0.2, 0) is 0 Å². The zero-order valence-corrected chi connectivity index (χ0v) is 12.8. The predicted octanol–water partition coefficient (Wildman–Crippen LogP) is 3.12. The van der Waals surface area contributed by atoms with Crippen molar-refractivity contribution in [3.63, 3.8) is 0 Å². The van der Waals surface area contributed by atoms with Crippen molar-refractivity contribution in [3.05, 3.63) is 29.8 Å². The highest BCUT2D eigenvalue weighted by Crippen LogP contribution is 2.41. The van der Waals surface area contributed by atoms with Crippen LogP contribution < -0.4 is 10.1 Å². The number of ether oxygens (including phenoxy) is 1. The van der Waals surface area contributed by atoms with Crippen molar-refractivity contribution in [1.29, 1.82) is 0 Å². The largest absolute Gasteiger partial charge is 0.493 e. The minimum Gasteiger partial charge on any atom is -0.493 e. The summed E-state index contributed by atoms with van der Waals surface area (Å²) >= 11 is 0. The van der Waals surface area contributed by atoms with Crippen LogP contribution in [0.5, 0.6) is 5.75 Å². The van der Waals surface area contributed by atoms with Crippen molar-refractivity contribution < 1.29 is 4.74 Å². The van der Waals surface area contributed by atoms with Crippen molar-refractivity contribution >= 4 is 0 Å². The highest BCUT2D eigenvalue weighted by atomic mass is 16.5. The Morgan fingerprint density at radius 2 is 2.00 bits per heavy atom. The first kappa shape index (κ1) is 13.6. The molecule has 1 N–H and O–H groups in total. The molecule has 2 fully saturated rings. The van der Waals surface area contributed by atoms with Crippen LogP contribution in [0.4, 0.5) is 0 Å². The fourth-order valence-electron chi connectivity index (χ4n) is 3.94. The Kier molecular flexibility index (Phi) is 3.87. The maximum Gasteiger partial charge on any atom is 0.124 e. The van der Waals surface area contributed by atoms with E-state index in [9.17, 15) is 0 Å². The topological polar surface area (TPSA) is 24.5 Å². The van der Waals surface area contributed by atoms with Gasteiger partial charge in [0.05, 0.1) is 6.61 Å². The molecule has 2 heterocycles. The van der Waals surface area contributed by atoms with Gasteiger partial charge in [0.2, 0.25) is 0 Å². The summed E-state index contributed by atoms with van der Waals surface area (Å²) in [4.78, 5) is 2.78. The van der Waals surface area contributed by atoms with Crippen LogP contribution in [0.25, 0.3) is 0 Å². The average molecular weight is 286 g/mol. The van der Waals surface area contributed by atoms with E-state index in [0.717, 1.165) is 24.8 Å². The minimum atomic E-state index is 0.561. The molecule has 1 saturated carbocycles. The highest BCUT2D eigenvalue weighted by molar-refractivity contribution is 5.37. The Morgan fingerprint density at radius 1 is 1.10 bits per heavy atom. The lowest BCUT2D eigenvalue weighted by Crippen LogP contribution is -2.46. The van der Waals surface area contributed by atoms with Gasteiger partial charge in [-0.15, -0.1) is 0 Å². The minimum absolute atomic E-state index is 0.561. The lowest BCUT2D eigenvalue weighted by Gasteiger charge is -2.39. The van der Waals surface area contributed by atoms with Crippen LogP contribution in [0.3, 0.4) is 0 Å². The molecular weight excluding hydrogens is 260 g/mol. The smallest absolute Gasteiger partial charge is 0.124 e. The molecule has 0 aromatic heterocycles. The third-order valence-electron chi connectivity index (χ3n) is 5.19. The maximum absolute atomic E-state index is 5.85. The molecule has 0 bridgehead atoms. The van der Waals surface area contributed by atoms with E-state index in [2.05, 4.69) is 34.5 Å². The van der Waals surface area contributed by atoms with Gasteiger partial charge in [-0.2, -0.15) is 0 Å². The standard InChI is InChI=1S/C18H26N2O/c1-2-7-18-16(6-1)17(10-12-21-18)20(15-8-9-15)13-14-5-3-4-11-19-14/h1-2,6-7,14-15,17,19H,3-5,8-13H2. The van der Waals surface area contributed by atoms with E-state index in [0.29, 0.717) is 12.1 Å². The Balaban J connectivity index is 1.54. The first-order valence-electron chi connectivity index (χ1n) is 8.62. The van der Waals surface area contributed by atoms with E-state index in [4.69, 9.17) is 4.74 Å². The zero-order valence-electron chi connectivity index (χ0n) is 12.8. The summed E-state index contributed by atoms with van der Waals surface area (Å²) in [7, 11) is 0. The molecule has 0 spiro atoms. The third kappa shape index (κ3) is 2.95. The highest BCUT2D eigenvalue weighted by Gasteiger charge is 2.38. The number of benzene rings is 1. The predicted molar refractivity (Wildman–Crippen MR) is 84.7 cm³/mol. The number of fused-ring (bicyclic) bond motifs is 1. The van der Waals surface area contributed by atoms with Gasteiger partial charge in [-0.25, -0.2) is 0 Å². The SMILES string of the molecule is c1ccc2c(c1)OCCC2N(CC1CCCCN1)C1CC1. The normalized spacial score (nSPS) is 29.0. The molecule has 0 radical (unpaired) electrons. The summed E-state index contributed by atoms with van der Waals surface area (Å²) in [6.07, 6.45) is 7.98. The Hall–Kier alpha value is -1.06. The number of hydrogen-bond acceptors (Lipinski definition) is 3. The molecule has 1 aliphatic carbocycles. The molecular formula is C18H26N2O. The first-order chi connectivity index (χ1) is 10.4. The molecule has 2 unspecified atom stereocenters. The number of hydrogen-bond donors (Lipinski definition) is 1. The van der Waals surface area contributed by atoms with Crippen molar-refractivity contribution in [2.45, 2.75) is 56.7 Å². The van der Waals surface area contributed by atoms with Gasteiger partial charge >= 0.3 is 0 Å². The molecule has 4 rings (SSSR count). The van der Waals surface area contributed by atoms with Crippen molar-refractivity contribution in [2.24, 2.45) is 0 Å². The number of rotatable bonds is 4. The van der Waals surface area contributed by atoms with E-state index in [1.54, 1.807) is 0 Å². The van der Waals surface area contributed by atoms with E-state index in [-0.39, 0.29) is 0 Å². The van der Waals surface area contributed by atoms with Gasteiger partial charge < -0.3 is 10.1 Å². The van der Waals surface area contributed by atoms with Crippen LogP contribution in [0.15, 0.2) is 24.3 Å². The fourth-order valence-corrected chi connectivity index (χ4v) is 3.94. The van der Waals surface area contributed by atoms with Crippen LogP contribution in [-0.4, -0.2) is 36.7 Å². The Bertz CT molecular complexity index is 480. The molecule has 0 amide bonds. The van der Waals surface area contributed by atoms with Crippen molar-refractivity contribution in [2.75, 3.05) is 19.7 Å². The summed E-state index contributed by atoms with van der Waals surface area (Å²) < 4.78 is 5.85. The van der Waals surface area contributed by atoms with Gasteiger partial charge in [0.25, 0.3) is 0 Å². The van der Waals surface area contributed by atoms with Gasteiger partial charge in [-0.1, -0.05) is 24.6 Å². The summed E-state index contributed by atoms with van der Waals surface area (Å²) in [5.74, 6) is 1.11. The molecule has 1 saturated heterocycles. The summed E-state index contributed by atoms with van der Waals surface area (Å²) in [6.45, 7) is 3.28. The molecule has 3 nitrogen and oxygen atoms in total. The fraction of sp³-hybridized carbons (Fsp3) is 0.667. The van der Waals surface area contributed by atoms with Crippen LogP contribution in [0.2, 0.25) is 0 Å². The quantitative estimate of drug-likeness (QED) is 0.920. The number of nitrogens with zero attached hydrogens (tertiary/aromatic N) is 1. The lowest BCUT2D eigenvalue weighted by molar-refractivity contribution is 0.115. The molecule has 1 aromatic rings. The maximum atomic E-state index is 5.85. The second kappa shape index (κ2) is 5.98. The van der Waals surface area contributed by atoms with Gasteiger partial charge in [-0.05, 0) is 38.3 Å². The van der Waals surface area contributed by atoms with E-state index in [1.165, 1.54) is 50.8 Å². The lowest BCUT2D eigenvalue weighted by atomic mass is 9.97. The Labute approximate surface area is 127 Å². The van der Waals surface area contributed by atoms with Crippen molar-refractivity contribution in [1.82, 2.24) is 10.2 Å². The monoisotopic (exact) mass is 286 g/mol. The van der Waals surface area contributed by atoms with E-state index in [1.807, 2.05) is 0 Å². The van der Waals surface area contributed by atoms with Gasteiger partial charge in [0.1, 0.15) is 5.75 Å². The molecule has 114 valence electrons. The van der Waals surface area contributed by atoms with Crippen LogP contribution in [0, 0.1) is 0 Å². The van der Waals surface area contributed by atoms with Gasteiger partial charge in [0, 0.05) is 36.7 Å². The number of para-hydroxylation sites is 1. The van der Waals surface area contributed by atoms with Crippen molar-refractivity contribution in [3.8, 4) is 5.75 Å². The molecule has 1 aromatic carbocycles. The molecule has 3 heteroatoms. The molecule has 3 aliphatic rings. The van der Waals surface area contributed by atoms with Crippen LogP contribution in [0.1, 0.15) is 50.1 Å². The van der Waals surface area contributed by atoms with Gasteiger partial charge in [0.15, 0.2) is 0 Å². The second-order valence-corrected chi connectivity index (χ2v) is 6.77. The molecule has 21 heavy (non-hydrogen) atoms. The second-order valence-electron chi connectivity index (χ2n) is 6.77. The molecule has 2 atom stereocenters. The summed E-state index contributed by atoms with van der Waals surface area (Å²) in [5.41, 5.74) is 1.41. The Morgan fingerprint density at radius 3 is 2.81 bits per heavy atom. The van der Waals surface area contributed by atoms with Gasteiger partial charge in [-0.3, -0.25) is 4.90 Å². The summed E-state index contributed by atoms with van der Waals surface area (Å²) in [6, 6.07) is 10.7.